The number of hydrogen-bond acceptors (Lipinski definition) is 5. The van der Waals surface area contributed by atoms with E-state index in [1.165, 1.54) is 0 Å². The van der Waals surface area contributed by atoms with Crippen molar-refractivity contribution in [2.45, 2.75) is 39.4 Å². The van der Waals surface area contributed by atoms with Gasteiger partial charge in [0.1, 0.15) is 12.3 Å². The second-order valence-electron chi connectivity index (χ2n) is 7.55. The maximum atomic E-state index is 12.3. The Morgan fingerprint density at radius 3 is 2.81 bits per heavy atom. The van der Waals surface area contributed by atoms with Gasteiger partial charge in [-0.1, -0.05) is 6.07 Å². The highest BCUT2D eigenvalue weighted by Gasteiger charge is 2.42. The fraction of sp³-hybridized carbons (Fsp3) is 0.348. The summed E-state index contributed by atoms with van der Waals surface area (Å²) >= 11 is 5.63. The molecule has 4 rings (SSSR count). The molecule has 0 amide bonds. The SMILES string of the molecule is CCOC(=O)CN1C(=S)N[C@@H](c2ccccn2)[C@@H]1c1cc(C)n(Cc2ccco2)c1C. The molecule has 0 spiro atoms. The highest BCUT2D eigenvalue weighted by Crippen LogP contribution is 2.40. The first-order valence-corrected chi connectivity index (χ1v) is 10.7. The Hall–Kier alpha value is -3.13. The van der Waals surface area contributed by atoms with E-state index in [-0.39, 0.29) is 24.6 Å². The number of hydrogen-bond donors (Lipinski definition) is 1. The second-order valence-corrected chi connectivity index (χ2v) is 7.94. The summed E-state index contributed by atoms with van der Waals surface area (Å²) in [5, 5.41) is 3.90. The van der Waals surface area contributed by atoms with Gasteiger partial charge in [0, 0.05) is 17.6 Å². The number of furan rings is 1. The molecule has 1 aliphatic rings. The van der Waals surface area contributed by atoms with Gasteiger partial charge in [0.2, 0.25) is 0 Å². The molecule has 7 nitrogen and oxygen atoms in total. The molecule has 1 saturated heterocycles. The van der Waals surface area contributed by atoms with E-state index in [0.717, 1.165) is 28.4 Å². The molecule has 2 atom stereocenters. The number of thiocarbonyl (C=S) groups is 1. The molecule has 1 N–H and O–H groups in total. The quantitative estimate of drug-likeness (QED) is 0.446. The van der Waals surface area contributed by atoms with Gasteiger partial charge in [-0.15, -0.1) is 0 Å². The molecule has 4 heterocycles. The molecule has 1 fully saturated rings. The Bertz CT molecular complexity index is 1060. The molecule has 0 radical (unpaired) electrons. The van der Waals surface area contributed by atoms with Crippen LogP contribution in [0, 0.1) is 13.8 Å². The van der Waals surface area contributed by atoms with E-state index < -0.39 is 0 Å². The first kappa shape index (κ1) is 21.1. The topological polar surface area (TPSA) is 72.5 Å². The minimum atomic E-state index is -0.303. The third kappa shape index (κ3) is 4.20. The van der Waals surface area contributed by atoms with Gasteiger partial charge in [-0.2, -0.15) is 0 Å². The van der Waals surface area contributed by atoms with E-state index in [1.807, 2.05) is 35.2 Å². The average Bonchev–Trinajstić information content (AvgIpc) is 3.45. The average molecular weight is 439 g/mol. The number of pyridine rings is 1. The van der Waals surface area contributed by atoms with Gasteiger partial charge in [-0.25, -0.2) is 0 Å². The summed E-state index contributed by atoms with van der Waals surface area (Å²) in [6.45, 7) is 7.01. The summed E-state index contributed by atoms with van der Waals surface area (Å²) in [5.41, 5.74) is 4.17. The molecule has 3 aromatic heterocycles. The lowest BCUT2D eigenvalue weighted by molar-refractivity contribution is -0.143. The Morgan fingerprint density at radius 2 is 2.13 bits per heavy atom. The molecule has 31 heavy (non-hydrogen) atoms. The van der Waals surface area contributed by atoms with Crippen molar-refractivity contribution in [3.05, 3.63) is 77.3 Å². The predicted octanol–water partition coefficient (Wildman–Crippen LogP) is 3.68. The molecule has 0 bridgehead atoms. The lowest BCUT2D eigenvalue weighted by Gasteiger charge is -2.27. The summed E-state index contributed by atoms with van der Waals surface area (Å²) in [7, 11) is 0. The molecular formula is C23H26N4O3S. The summed E-state index contributed by atoms with van der Waals surface area (Å²) < 4.78 is 13.0. The number of nitrogens with zero attached hydrogens (tertiary/aromatic N) is 3. The van der Waals surface area contributed by atoms with Gasteiger partial charge in [0.05, 0.1) is 37.2 Å². The van der Waals surface area contributed by atoms with Gasteiger partial charge in [0.25, 0.3) is 0 Å². The van der Waals surface area contributed by atoms with Crippen LogP contribution in [0.4, 0.5) is 0 Å². The molecule has 3 aromatic rings. The van der Waals surface area contributed by atoms with Gasteiger partial charge in [0.15, 0.2) is 5.11 Å². The number of ether oxygens (including phenoxy) is 1. The van der Waals surface area contributed by atoms with Gasteiger partial charge >= 0.3 is 5.97 Å². The van der Waals surface area contributed by atoms with Crippen LogP contribution < -0.4 is 5.32 Å². The Kier molecular flexibility index (Phi) is 6.08. The van der Waals surface area contributed by atoms with Crippen molar-refractivity contribution < 1.29 is 13.9 Å². The molecule has 0 saturated carbocycles. The number of esters is 1. The fourth-order valence-electron chi connectivity index (χ4n) is 4.19. The smallest absolute Gasteiger partial charge is 0.325 e. The zero-order valence-corrected chi connectivity index (χ0v) is 18.7. The number of aromatic nitrogens is 2. The van der Waals surface area contributed by atoms with Crippen molar-refractivity contribution in [2.75, 3.05) is 13.2 Å². The molecule has 0 aliphatic carbocycles. The monoisotopic (exact) mass is 438 g/mol. The Balaban J connectivity index is 1.74. The van der Waals surface area contributed by atoms with Gasteiger partial charge in [-0.05, 0) is 68.9 Å². The number of carbonyl (C=O) groups excluding carboxylic acids is 1. The number of nitrogens with one attached hydrogen (secondary N) is 1. The zero-order valence-electron chi connectivity index (χ0n) is 17.9. The van der Waals surface area contributed by atoms with Crippen molar-refractivity contribution in [3.63, 3.8) is 0 Å². The summed E-state index contributed by atoms with van der Waals surface area (Å²) in [4.78, 5) is 18.8. The van der Waals surface area contributed by atoms with Crippen LogP contribution in [-0.2, 0) is 16.1 Å². The third-order valence-corrected chi connectivity index (χ3v) is 5.98. The molecular weight excluding hydrogens is 412 g/mol. The largest absolute Gasteiger partial charge is 0.467 e. The maximum absolute atomic E-state index is 12.3. The molecule has 0 unspecified atom stereocenters. The first-order chi connectivity index (χ1) is 15.0. The summed E-state index contributed by atoms with van der Waals surface area (Å²) in [6, 6.07) is 11.5. The second kappa shape index (κ2) is 8.93. The Labute approximate surface area is 187 Å². The van der Waals surface area contributed by atoms with E-state index >= 15 is 0 Å². The van der Waals surface area contributed by atoms with Crippen LogP contribution in [0.5, 0.6) is 0 Å². The summed E-state index contributed by atoms with van der Waals surface area (Å²) in [6.07, 6.45) is 3.45. The first-order valence-electron chi connectivity index (χ1n) is 10.3. The van der Waals surface area contributed by atoms with Gasteiger partial charge < -0.3 is 23.9 Å². The van der Waals surface area contributed by atoms with Crippen LogP contribution in [-0.4, -0.2) is 38.7 Å². The number of carbonyl (C=O) groups is 1. The van der Waals surface area contributed by atoms with Crippen molar-refractivity contribution in [1.29, 1.82) is 0 Å². The molecule has 0 aromatic carbocycles. The van der Waals surface area contributed by atoms with Crippen LogP contribution in [0.2, 0.25) is 0 Å². The third-order valence-electron chi connectivity index (χ3n) is 5.63. The minimum Gasteiger partial charge on any atom is -0.467 e. The fourth-order valence-corrected chi connectivity index (χ4v) is 4.49. The highest BCUT2D eigenvalue weighted by molar-refractivity contribution is 7.80. The normalized spacial score (nSPS) is 18.3. The zero-order chi connectivity index (χ0) is 22.0. The number of aryl methyl sites for hydroxylation is 1. The van der Waals surface area contributed by atoms with Crippen molar-refractivity contribution in [3.8, 4) is 0 Å². The van der Waals surface area contributed by atoms with Crippen LogP contribution >= 0.6 is 12.2 Å². The van der Waals surface area contributed by atoms with Crippen molar-refractivity contribution >= 4 is 23.3 Å². The minimum absolute atomic E-state index is 0.0789. The molecule has 1 aliphatic heterocycles. The van der Waals surface area contributed by atoms with Crippen LogP contribution in [0.3, 0.4) is 0 Å². The van der Waals surface area contributed by atoms with Crippen LogP contribution in [0.15, 0.2) is 53.3 Å². The van der Waals surface area contributed by atoms with E-state index in [1.54, 1.807) is 19.4 Å². The Morgan fingerprint density at radius 1 is 1.29 bits per heavy atom. The lowest BCUT2D eigenvalue weighted by atomic mass is 9.97. The number of rotatable bonds is 7. The molecule has 162 valence electrons. The van der Waals surface area contributed by atoms with Crippen molar-refractivity contribution in [1.82, 2.24) is 19.8 Å². The van der Waals surface area contributed by atoms with Crippen LogP contribution in [0.1, 0.15) is 47.4 Å². The van der Waals surface area contributed by atoms with Crippen LogP contribution in [0.25, 0.3) is 0 Å². The molecule has 8 heteroatoms. The van der Waals surface area contributed by atoms with E-state index in [0.29, 0.717) is 18.3 Å². The summed E-state index contributed by atoms with van der Waals surface area (Å²) in [5.74, 6) is 0.584. The lowest BCUT2D eigenvalue weighted by Crippen LogP contribution is -2.35. The maximum Gasteiger partial charge on any atom is 0.325 e. The highest BCUT2D eigenvalue weighted by atomic mass is 32.1. The van der Waals surface area contributed by atoms with E-state index in [9.17, 15) is 4.79 Å². The van der Waals surface area contributed by atoms with E-state index in [4.69, 9.17) is 21.4 Å². The van der Waals surface area contributed by atoms with E-state index in [2.05, 4.69) is 34.8 Å². The van der Waals surface area contributed by atoms with Crippen molar-refractivity contribution in [2.24, 2.45) is 0 Å². The predicted molar refractivity (Wildman–Crippen MR) is 121 cm³/mol. The van der Waals surface area contributed by atoms with Gasteiger partial charge in [-0.3, -0.25) is 9.78 Å². The standard InChI is InChI=1S/C23H26N4O3S/c1-4-29-20(28)14-27-22(21(25-23(27)31)19-9-5-6-10-24-19)18-12-15(2)26(16(18)3)13-17-8-7-11-30-17/h5-12,21-22H,4,13-14H2,1-3H3,(H,25,31)/t21-,22-/m0/s1.